The molecule has 0 fully saturated rings. The van der Waals surface area contributed by atoms with E-state index in [1.807, 2.05) is 0 Å². The number of hydrogen-bond donors (Lipinski definition) is 1. The van der Waals surface area contributed by atoms with Gasteiger partial charge in [0.25, 0.3) is 0 Å². The molecule has 0 saturated carbocycles. The van der Waals surface area contributed by atoms with Crippen LogP contribution in [0.2, 0.25) is 0 Å². The van der Waals surface area contributed by atoms with E-state index in [2.05, 4.69) is 20.8 Å². The normalized spacial score (nSPS) is 14.3. The highest BCUT2D eigenvalue weighted by Crippen LogP contribution is 2.21. The van der Waals surface area contributed by atoms with Gasteiger partial charge in [-0.2, -0.15) is 0 Å². The third kappa shape index (κ3) is 14.7. The Labute approximate surface area is 134 Å². The summed E-state index contributed by atoms with van der Waals surface area (Å²) < 4.78 is 0. The maximum atomic E-state index is 10.1. The fourth-order valence-corrected chi connectivity index (χ4v) is 3.17. The molecule has 0 heterocycles. The Kier molecular flexibility index (Phi) is 16.3. The van der Waals surface area contributed by atoms with Gasteiger partial charge in [-0.25, -0.2) is 0 Å². The fraction of sp³-hybridized carbons (Fsp3) is 1.00. The first kappa shape index (κ1) is 21.0. The van der Waals surface area contributed by atoms with Crippen molar-refractivity contribution in [2.45, 2.75) is 123 Å². The van der Waals surface area contributed by atoms with E-state index in [1.165, 1.54) is 83.5 Å². The number of hydrogen-bond acceptors (Lipinski definition) is 1. The second-order valence-electron chi connectivity index (χ2n) is 6.92. The van der Waals surface area contributed by atoms with Crippen molar-refractivity contribution < 1.29 is 5.11 Å². The van der Waals surface area contributed by atoms with Crippen molar-refractivity contribution in [2.75, 3.05) is 0 Å². The van der Waals surface area contributed by atoms with Crippen LogP contribution in [0, 0.1) is 5.92 Å². The molecular formula is C20H42O. The second kappa shape index (κ2) is 16.3. The third-order valence-electron chi connectivity index (χ3n) is 4.79. The van der Waals surface area contributed by atoms with E-state index in [9.17, 15) is 5.11 Å². The fourth-order valence-electron chi connectivity index (χ4n) is 3.17. The summed E-state index contributed by atoms with van der Waals surface area (Å²) in [6.45, 7) is 6.80. The van der Waals surface area contributed by atoms with E-state index in [1.54, 1.807) is 0 Å². The van der Waals surface area contributed by atoms with Crippen molar-refractivity contribution in [3.05, 3.63) is 0 Å². The van der Waals surface area contributed by atoms with Crippen molar-refractivity contribution in [3.8, 4) is 0 Å². The Morgan fingerprint density at radius 3 is 1.67 bits per heavy atom. The first-order chi connectivity index (χ1) is 10.2. The van der Waals surface area contributed by atoms with Gasteiger partial charge in [0.2, 0.25) is 0 Å². The molecule has 0 aliphatic rings. The maximum absolute atomic E-state index is 10.1. The van der Waals surface area contributed by atoms with Gasteiger partial charge in [-0.1, -0.05) is 104 Å². The van der Waals surface area contributed by atoms with Gasteiger partial charge >= 0.3 is 0 Å². The predicted octanol–water partition coefficient (Wildman–Crippen LogP) is 6.87. The zero-order chi connectivity index (χ0) is 15.8. The van der Waals surface area contributed by atoms with Crippen LogP contribution in [0.1, 0.15) is 117 Å². The van der Waals surface area contributed by atoms with E-state index in [0.717, 1.165) is 18.8 Å². The summed E-state index contributed by atoms with van der Waals surface area (Å²) in [6, 6.07) is 0. The van der Waals surface area contributed by atoms with Crippen LogP contribution in [0.25, 0.3) is 0 Å². The van der Waals surface area contributed by atoms with E-state index >= 15 is 0 Å². The Hall–Kier alpha value is -0.0400. The van der Waals surface area contributed by atoms with Gasteiger partial charge in [-0.15, -0.1) is 0 Å². The molecule has 1 N–H and O–H groups in total. The van der Waals surface area contributed by atoms with Gasteiger partial charge in [0.15, 0.2) is 0 Å². The van der Waals surface area contributed by atoms with Gasteiger partial charge in [0.05, 0.1) is 6.10 Å². The molecule has 0 saturated heterocycles. The maximum Gasteiger partial charge on any atom is 0.0542 e. The number of unbranched alkanes of at least 4 members (excludes halogenated alkanes) is 9. The number of aliphatic hydroxyl groups is 1. The van der Waals surface area contributed by atoms with E-state index < -0.39 is 0 Å². The lowest BCUT2D eigenvalue weighted by atomic mass is 9.91. The van der Waals surface area contributed by atoms with Gasteiger partial charge in [0, 0.05) is 0 Å². The predicted molar refractivity (Wildman–Crippen MR) is 95.8 cm³/mol. The standard InChI is InChI=1S/C20H42O/c1-4-7-9-10-11-12-13-14-15-17-20(21)18-19(6-3)16-8-5-2/h19-21H,4-18H2,1-3H3. The lowest BCUT2D eigenvalue weighted by Crippen LogP contribution is -2.13. The van der Waals surface area contributed by atoms with Crippen molar-refractivity contribution in [1.82, 2.24) is 0 Å². The zero-order valence-electron chi connectivity index (χ0n) is 15.2. The summed E-state index contributed by atoms with van der Waals surface area (Å²) in [5.41, 5.74) is 0. The molecule has 128 valence electrons. The highest BCUT2D eigenvalue weighted by Gasteiger charge is 2.12. The lowest BCUT2D eigenvalue weighted by Gasteiger charge is -2.18. The monoisotopic (exact) mass is 298 g/mol. The number of rotatable bonds is 16. The van der Waals surface area contributed by atoms with Crippen LogP contribution < -0.4 is 0 Å². The van der Waals surface area contributed by atoms with Gasteiger partial charge in [0.1, 0.15) is 0 Å². The Morgan fingerprint density at radius 1 is 0.619 bits per heavy atom. The molecule has 0 bridgehead atoms. The topological polar surface area (TPSA) is 20.2 Å². The molecule has 1 nitrogen and oxygen atoms in total. The van der Waals surface area contributed by atoms with E-state index in [4.69, 9.17) is 0 Å². The molecule has 0 aromatic carbocycles. The molecule has 0 spiro atoms. The molecule has 0 rings (SSSR count). The van der Waals surface area contributed by atoms with Gasteiger partial charge in [-0.3, -0.25) is 0 Å². The second-order valence-corrected chi connectivity index (χ2v) is 6.92. The van der Waals surface area contributed by atoms with Crippen LogP contribution in [0.15, 0.2) is 0 Å². The molecule has 0 aliphatic carbocycles. The molecule has 2 atom stereocenters. The van der Waals surface area contributed by atoms with Gasteiger partial charge < -0.3 is 5.11 Å². The summed E-state index contributed by atoms with van der Waals surface area (Å²) in [4.78, 5) is 0. The molecule has 2 unspecified atom stereocenters. The summed E-state index contributed by atoms with van der Waals surface area (Å²) in [7, 11) is 0. The lowest BCUT2D eigenvalue weighted by molar-refractivity contribution is 0.125. The smallest absolute Gasteiger partial charge is 0.0542 e. The quantitative estimate of drug-likeness (QED) is 0.308. The average Bonchev–Trinajstić information content (AvgIpc) is 2.49. The summed E-state index contributed by atoms with van der Waals surface area (Å²) in [5.74, 6) is 0.749. The van der Waals surface area contributed by atoms with Crippen LogP contribution in [0.4, 0.5) is 0 Å². The van der Waals surface area contributed by atoms with Crippen LogP contribution >= 0.6 is 0 Å². The summed E-state index contributed by atoms with van der Waals surface area (Å²) >= 11 is 0. The first-order valence-electron chi connectivity index (χ1n) is 9.92. The molecule has 0 aromatic heterocycles. The number of aliphatic hydroxyl groups excluding tert-OH is 1. The Morgan fingerprint density at radius 2 is 1.14 bits per heavy atom. The van der Waals surface area contributed by atoms with E-state index in [-0.39, 0.29) is 6.10 Å². The summed E-state index contributed by atoms with van der Waals surface area (Å²) in [5, 5.41) is 10.1. The molecule has 0 radical (unpaired) electrons. The van der Waals surface area contributed by atoms with E-state index in [0.29, 0.717) is 0 Å². The SMILES string of the molecule is CCCCCCCCCCCC(O)CC(CC)CCCC. The largest absolute Gasteiger partial charge is 0.393 e. The molecule has 0 aromatic rings. The minimum atomic E-state index is -0.0450. The van der Waals surface area contributed by atoms with Crippen molar-refractivity contribution in [2.24, 2.45) is 5.92 Å². The molecule has 21 heavy (non-hydrogen) atoms. The average molecular weight is 299 g/mol. The van der Waals surface area contributed by atoms with Gasteiger partial charge in [-0.05, 0) is 18.8 Å². The third-order valence-corrected chi connectivity index (χ3v) is 4.79. The zero-order valence-corrected chi connectivity index (χ0v) is 15.2. The van der Waals surface area contributed by atoms with Crippen molar-refractivity contribution in [3.63, 3.8) is 0 Å². The highest BCUT2D eigenvalue weighted by molar-refractivity contribution is 4.65. The Balaban J connectivity index is 3.37. The molecule has 0 amide bonds. The molecular weight excluding hydrogens is 256 g/mol. The Bertz CT molecular complexity index is 190. The van der Waals surface area contributed by atoms with Crippen molar-refractivity contribution in [1.29, 1.82) is 0 Å². The minimum Gasteiger partial charge on any atom is -0.393 e. The molecule has 1 heteroatoms. The van der Waals surface area contributed by atoms with Crippen LogP contribution in [-0.4, -0.2) is 11.2 Å². The van der Waals surface area contributed by atoms with Crippen molar-refractivity contribution >= 4 is 0 Å². The van der Waals surface area contributed by atoms with Crippen LogP contribution in [0.5, 0.6) is 0 Å². The highest BCUT2D eigenvalue weighted by atomic mass is 16.3. The van der Waals surface area contributed by atoms with Crippen LogP contribution in [-0.2, 0) is 0 Å². The molecule has 0 aliphatic heterocycles. The summed E-state index contributed by atoms with van der Waals surface area (Å²) in [6.07, 6.45) is 19.5. The first-order valence-corrected chi connectivity index (χ1v) is 9.92. The van der Waals surface area contributed by atoms with Crippen LogP contribution in [0.3, 0.4) is 0 Å². The minimum absolute atomic E-state index is 0.0450.